The van der Waals surface area contributed by atoms with Gasteiger partial charge in [-0.1, -0.05) is 50.2 Å². The quantitative estimate of drug-likeness (QED) is 0.754. The van der Waals surface area contributed by atoms with Crippen LogP contribution in [0.15, 0.2) is 67.1 Å². The second kappa shape index (κ2) is 6.64. The highest BCUT2D eigenvalue weighted by Gasteiger charge is 2.43. The smallest absolute Gasteiger partial charge is 0.354 e. The normalized spacial score (nSPS) is 17.8. The molecule has 1 aliphatic rings. The fourth-order valence-electron chi connectivity index (χ4n) is 4.08. The molecule has 0 spiro atoms. The largest absolute Gasteiger partial charge is 0.477 e. The first-order chi connectivity index (χ1) is 13.4. The van der Waals surface area contributed by atoms with Gasteiger partial charge >= 0.3 is 5.97 Å². The van der Waals surface area contributed by atoms with E-state index in [2.05, 4.69) is 4.98 Å². The third-order valence-electron chi connectivity index (χ3n) is 5.26. The molecule has 2 heterocycles. The molecule has 6 nitrogen and oxygen atoms in total. The SMILES string of the molecule is CC1(C)CN(C(=O)c2ccccc2)c2ccccc2C1n1cncc1C(=O)O. The number of aromatic nitrogens is 2. The van der Waals surface area contributed by atoms with Gasteiger partial charge in [-0.3, -0.25) is 4.79 Å². The standard InChI is InChI=1S/C22H21N3O3/c1-22(2)13-24(20(26)15-8-4-3-5-9-15)17-11-7-6-10-16(17)19(22)25-14-23-12-18(25)21(27)28/h3-12,14,19H,13H2,1-2H3,(H,27,28). The summed E-state index contributed by atoms with van der Waals surface area (Å²) in [5, 5.41) is 9.57. The number of rotatable bonds is 3. The number of aromatic carboxylic acids is 1. The van der Waals surface area contributed by atoms with E-state index in [1.165, 1.54) is 6.20 Å². The van der Waals surface area contributed by atoms with Crippen LogP contribution in [0.3, 0.4) is 0 Å². The van der Waals surface area contributed by atoms with Crippen molar-refractivity contribution in [1.82, 2.24) is 9.55 Å². The first kappa shape index (κ1) is 18.0. The van der Waals surface area contributed by atoms with Crippen molar-refractivity contribution in [3.63, 3.8) is 0 Å². The van der Waals surface area contributed by atoms with Gasteiger partial charge in [-0.05, 0) is 23.8 Å². The molecular weight excluding hydrogens is 354 g/mol. The zero-order chi connectivity index (χ0) is 19.9. The van der Waals surface area contributed by atoms with E-state index in [9.17, 15) is 14.7 Å². The lowest BCUT2D eigenvalue weighted by Gasteiger charge is -2.46. The summed E-state index contributed by atoms with van der Waals surface area (Å²) in [5.41, 5.74) is 2.05. The van der Waals surface area contributed by atoms with E-state index < -0.39 is 11.4 Å². The van der Waals surface area contributed by atoms with E-state index in [-0.39, 0.29) is 17.6 Å². The molecule has 1 unspecified atom stereocenters. The minimum absolute atomic E-state index is 0.0661. The fourth-order valence-corrected chi connectivity index (χ4v) is 4.08. The van der Waals surface area contributed by atoms with Crippen molar-refractivity contribution in [2.75, 3.05) is 11.4 Å². The Bertz CT molecular complexity index is 1040. The number of carboxylic acid groups (broad SMARTS) is 1. The van der Waals surface area contributed by atoms with Crippen LogP contribution in [0.25, 0.3) is 0 Å². The topological polar surface area (TPSA) is 75.4 Å². The third-order valence-corrected chi connectivity index (χ3v) is 5.26. The molecule has 0 fully saturated rings. The second-order valence-electron chi connectivity index (χ2n) is 7.70. The summed E-state index contributed by atoms with van der Waals surface area (Å²) in [6.07, 6.45) is 2.92. The van der Waals surface area contributed by atoms with Crippen LogP contribution in [0, 0.1) is 5.41 Å². The lowest BCUT2D eigenvalue weighted by Crippen LogP contribution is -2.48. The van der Waals surface area contributed by atoms with E-state index >= 15 is 0 Å². The number of imidazole rings is 1. The Labute approximate surface area is 163 Å². The van der Waals surface area contributed by atoms with Gasteiger partial charge in [-0.25, -0.2) is 9.78 Å². The number of hydrogen-bond donors (Lipinski definition) is 1. The number of carbonyl (C=O) groups is 2. The highest BCUT2D eigenvalue weighted by Crippen LogP contribution is 2.47. The van der Waals surface area contributed by atoms with Gasteiger partial charge in [0.05, 0.1) is 18.6 Å². The molecule has 28 heavy (non-hydrogen) atoms. The molecule has 0 bridgehead atoms. The van der Waals surface area contributed by atoms with Gasteiger partial charge in [0.2, 0.25) is 0 Å². The van der Waals surface area contributed by atoms with Crippen LogP contribution in [-0.4, -0.2) is 33.1 Å². The lowest BCUT2D eigenvalue weighted by atomic mass is 9.75. The van der Waals surface area contributed by atoms with Crippen LogP contribution >= 0.6 is 0 Å². The summed E-state index contributed by atoms with van der Waals surface area (Å²) in [7, 11) is 0. The second-order valence-corrected chi connectivity index (χ2v) is 7.70. The number of anilines is 1. The predicted molar refractivity (Wildman–Crippen MR) is 106 cm³/mol. The molecule has 0 radical (unpaired) electrons. The molecule has 1 aromatic heterocycles. The molecule has 3 aromatic rings. The molecule has 1 N–H and O–H groups in total. The molecule has 1 amide bonds. The average Bonchev–Trinajstić information content (AvgIpc) is 3.16. The van der Waals surface area contributed by atoms with Crippen molar-refractivity contribution in [3.8, 4) is 0 Å². The van der Waals surface area contributed by atoms with Crippen molar-refractivity contribution in [2.24, 2.45) is 5.41 Å². The predicted octanol–water partition coefficient (Wildman–Crippen LogP) is 3.86. The van der Waals surface area contributed by atoms with Crippen molar-refractivity contribution >= 4 is 17.6 Å². The number of para-hydroxylation sites is 1. The van der Waals surface area contributed by atoms with Gasteiger partial charge in [-0.15, -0.1) is 0 Å². The van der Waals surface area contributed by atoms with E-state index in [4.69, 9.17) is 0 Å². The molecule has 2 aromatic carbocycles. The minimum atomic E-state index is -1.02. The molecule has 0 aliphatic carbocycles. The maximum Gasteiger partial charge on any atom is 0.354 e. The van der Waals surface area contributed by atoms with E-state index in [0.29, 0.717) is 12.1 Å². The Hall–Kier alpha value is -3.41. The van der Waals surface area contributed by atoms with Crippen molar-refractivity contribution in [1.29, 1.82) is 0 Å². The lowest BCUT2D eigenvalue weighted by molar-refractivity contribution is 0.0677. The summed E-state index contributed by atoms with van der Waals surface area (Å²) in [4.78, 5) is 30.8. The molecular formula is C22H21N3O3. The molecule has 0 saturated carbocycles. The van der Waals surface area contributed by atoms with Crippen LogP contribution in [0.4, 0.5) is 5.69 Å². The van der Waals surface area contributed by atoms with Gasteiger partial charge in [-0.2, -0.15) is 0 Å². The molecule has 142 valence electrons. The minimum Gasteiger partial charge on any atom is -0.477 e. The highest BCUT2D eigenvalue weighted by molar-refractivity contribution is 6.07. The Kier molecular flexibility index (Phi) is 4.26. The number of benzene rings is 2. The van der Waals surface area contributed by atoms with Crippen LogP contribution in [0.2, 0.25) is 0 Å². The number of amides is 1. The zero-order valence-corrected chi connectivity index (χ0v) is 15.7. The number of carbonyl (C=O) groups excluding carboxylic acids is 1. The number of hydrogen-bond acceptors (Lipinski definition) is 3. The van der Waals surface area contributed by atoms with Gasteiger partial charge < -0.3 is 14.6 Å². The van der Waals surface area contributed by atoms with Gasteiger partial charge in [0, 0.05) is 23.2 Å². The van der Waals surface area contributed by atoms with E-state index in [1.54, 1.807) is 15.8 Å². The highest BCUT2D eigenvalue weighted by atomic mass is 16.4. The first-order valence-corrected chi connectivity index (χ1v) is 9.11. The summed E-state index contributed by atoms with van der Waals surface area (Å²) in [5.74, 6) is -1.09. The summed E-state index contributed by atoms with van der Waals surface area (Å²) in [6.45, 7) is 4.55. The maximum atomic E-state index is 13.2. The Morgan fingerprint density at radius 3 is 2.46 bits per heavy atom. The van der Waals surface area contributed by atoms with Gasteiger partial charge in [0.25, 0.3) is 5.91 Å². The Morgan fingerprint density at radius 1 is 1.07 bits per heavy atom. The molecule has 6 heteroatoms. The Balaban J connectivity index is 1.86. The van der Waals surface area contributed by atoms with Crippen molar-refractivity contribution in [3.05, 3.63) is 83.9 Å². The first-order valence-electron chi connectivity index (χ1n) is 9.11. The average molecular weight is 375 g/mol. The summed E-state index contributed by atoms with van der Waals surface area (Å²) in [6, 6.07) is 16.6. The third kappa shape index (κ3) is 2.87. The van der Waals surface area contributed by atoms with Crippen LogP contribution in [-0.2, 0) is 0 Å². The van der Waals surface area contributed by atoms with E-state index in [0.717, 1.165) is 11.3 Å². The maximum absolute atomic E-state index is 13.2. The Morgan fingerprint density at radius 2 is 1.75 bits per heavy atom. The monoisotopic (exact) mass is 375 g/mol. The van der Waals surface area contributed by atoms with E-state index in [1.807, 2.05) is 68.4 Å². The van der Waals surface area contributed by atoms with Crippen LogP contribution in [0.5, 0.6) is 0 Å². The molecule has 1 atom stereocenters. The van der Waals surface area contributed by atoms with Crippen molar-refractivity contribution < 1.29 is 14.7 Å². The molecule has 4 rings (SSSR count). The number of carboxylic acids is 1. The summed E-state index contributed by atoms with van der Waals surface area (Å²) >= 11 is 0. The number of nitrogens with zero attached hydrogens (tertiary/aromatic N) is 3. The molecule has 1 aliphatic heterocycles. The van der Waals surface area contributed by atoms with Crippen molar-refractivity contribution in [2.45, 2.75) is 19.9 Å². The fraction of sp³-hybridized carbons (Fsp3) is 0.227. The molecule has 0 saturated heterocycles. The zero-order valence-electron chi connectivity index (χ0n) is 15.7. The van der Waals surface area contributed by atoms with Gasteiger partial charge in [0.1, 0.15) is 5.69 Å². The number of fused-ring (bicyclic) bond motifs is 1. The van der Waals surface area contributed by atoms with Crippen LogP contribution in [0.1, 0.15) is 46.3 Å². The summed E-state index contributed by atoms with van der Waals surface area (Å²) < 4.78 is 1.70. The van der Waals surface area contributed by atoms with Gasteiger partial charge in [0.15, 0.2) is 0 Å². The van der Waals surface area contributed by atoms with Crippen LogP contribution < -0.4 is 4.90 Å².